The molecule has 0 aliphatic carbocycles. The van der Waals surface area contributed by atoms with Crippen LogP contribution in [-0.2, 0) is 12.8 Å². The molecule has 1 aromatic carbocycles. The van der Waals surface area contributed by atoms with E-state index in [4.69, 9.17) is 0 Å². The van der Waals surface area contributed by atoms with Gasteiger partial charge in [0, 0.05) is 17.1 Å². The van der Waals surface area contributed by atoms with E-state index in [2.05, 4.69) is 60.9 Å². The Kier molecular flexibility index (Phi) is 8.00. The zero-order valence-corrected chi connectivity index (χ0v) is 15.1. The van der Waals surface area contributed by atoms with E-state index in [9.17, 15) is 0 Å². The molecule has 1 nitrogen and oxygen atoms in total. The molecule has 0 bridgehead atoms. The smallest absolute Gasteiger partial charge is 0.0455 e. The van der Waals surface area contributed by atoms with Crippen LogP contribution < -0.4 is 0 Å². The summed E-state index contributed by atoms with van der Waals surface area (Å²) in [5.41, 5.74) is 4.30. The van der Waals surface area contributed by atoms with Gasteiger partial charge >= 0.3 is 0 Å². The first-order valence-corrected chi connectivity index (χ1v) is 9.61. The Labute approximate surface area is 142 Å². The maximum atomic E-state index is 2.51. The van der Waals surface area contributed by atoms with Crippen LogP contribution in [0.1, 0.15) is 76.6 Å². The SMILES string of the molecule is CCCCCCc1ccc(CCCCCC)n1-c1ccccc1. The Morgan fingerprint density at radius 1 is 0.609 bits per heavy atom. The van der Waals surface area contributed by atoms with Crippen LogP contribution in [0.4, 0.5) is 0 Å². The van der Waals surface area contributed by atoms with Crippen LogP contribution in [0, 0.1) is 0 Å². The molecule has 0 saturated heterocycles. The van der Waals surface area contributed by atoms with Crippen molar-refractivity contribution in [3.05, 3.63) is 53.9 Å². The molecule has 0 radical (unpaired) electrons. The molecule has 0 spiro atoms. The van der Waals surface area contributed by atoms with Crippen molar-refractivity contribution in [1.82, 2.24) is 4.57 Å². The van der Waals surface area contributed by atoms with Crippen LogP contribution in [-0.4, -0.2) is 4.57 Å². The fraction of sp³-hybridized carbons (Fsp3) is 0.545. The molecule has 126 valence electrons. The molecule has 0 saturated carbocycles. The van der Waals surface area contributed by atoms with Crippen molar-refractivity contribution in [2.75, 3.05) is 0 Å². The first kappa shape index (κ1) is 17.8. The maximum absolute atomic E-state index is 2.51. The van der Waals surface area contributed by atoms with Crippen LogP contribution in [0.2, 0.25) is 0 Å². The maximum Gasteiger partial charge on any atom is 0.0455 e. The highest BCUT2D eigenvalue weighted by atomic mass is 15.0. The van der Waals surface area contributed by atoms with Gasteiger partial charge in [0.2, 0.25) is 0 Å². The second-order valence-corrected chi connectivity index (χ2v) is 6.61. The summed E-state index contributed by atoms with van der Waals surface area (Å²) in [6, 6.07) is 15.6. The molecule has 23 heavy (non-hydrogen) atoms. The van der Waals surface area contributed by atoms with Crippen molar-refractivity contribution in [1.29, 1.82) is 0 Å². The van der Waals surface area contributed by atoms with Crippen LogP contribution in [0.5, 0.6) is 0 Å². The van der Waals surface area contributed by atoms with Gasteiger partial charge in [-0.05, 0) is 49.9 Å². The van der Waals surface area contributed by atoms with Crippen LogP contribution in [0.15, 0.2) is 42.5 Å². The van der Waals surface area contributed by atoms with Crippen molar-refractivity contribution in [2.45, 2.75) is 78.1 Å². The van der Waals surface area contributed by atoms with E-state index in [0.29, 0.717) is 0 Å². The molecule has 1 heteroatoms. The third-order valence-corrected chi connectivity index (χ3v) is 4.63. The summed E-state index contributed by atoms with van der Waals surface area (Å²) < 4.78 is 2.51. The Morgan fingerprint density at radius 2 is 1.13 bits per heavy atom. The van der Waals surface area contributed by atoms with Gasteiger partial charge in [0.25, 0.3) is 0 Å². The molecule has 0 N–H and O–H groups in total. The molecule has 1 heterocycles. The summed E-state index contributed by atoms with van der Waals surface area (Å²) in [7, 11) is 0. The monoisotopic (exact) mass is 311 g/mol. The zero-order valence-electron chi connectivity index (χ0n) is 15.1. The molecule has 0 unspecified atom stereocenters. The lowest BCUT2D eigenvalue weighted by molar-refractivity contribution is 0.640. The normalized spacial score (nSPS) is 11.0. The minimum atomic E-state index is 1.20. The van der Waals surface area contributed by atoms with E-state index >= 15 is 0 Å². The Bertz CT molecular complexity index is 509. The summed E-state index contributed by atoms with van der Waals surface area (Å²) in [6.45, 7) is 4.56. The second kappa shape index (κ2) is 10.3. The fourth-order valence-corrected chi connectivity index (χ4v) is 3.29. The average Bonchev–Trinajstić information content (AvgIpc) is 2.99. The molecule has 0 aliphatic rings. The quantitative estimate of drug-likeness (QED) is 0.406. The van der Waals surface area contributed by atoms with Crippen LogP contribution in [0.3, 0.4) is 0 Å². The van der Waals surface area contributed by atoms with E-state index in [1.807, 2.05) is 0 Å². The summed E-state index contributed by atoms with van der Waals surface area (Å²) in [6.07, 6.45) is 13.0. The van der Waals surface area contributed by atoms with Gasteiger partial charge in [0.1, 0.15) is 0 Å². The van der Waals surface area contributed by atoms with E-state index in [1.165, 1.54) is 81.3 Å². The first-order chi connectivity index (χ1) is 11.4. The first-order valence-electron chi connectivity index (χ1n) is 9.61. The van der Waals surface area contributed by atoms with Crippen molar-refractivity contribution in [3.8, 4) is 5.69 Å². The number of aromatic nitrogens is 1. The number of benzene rings is 1. The van der Waals surface area contributed by atoms with E-state index in [1.54, 1.807) is 0 Å². The van der Waals surface area contributed by atoms with Gasteiger partial charge < -0.3 is 4.57 Å². The minimum absolute atomic E-state index is 1.20. The highest BCUT2D eigenvalue weighted by Crippen LogP contribution is 2.21. The minimum Gasteiger partial charge on any atom is -0.318 e. The largest absolute Gasteiger partial charge is 0.318 e. The van der Waals surface area contributed by atoms with Gasteiger partial charge in [-0.2, -0.15) is 0 Å². The second-order valence-electron chi connectivity index (χ2n) is 6.61. The van der Waals surface area contributed by atoms with E-state index < -0.39 is 0 Å². The van der Waals surface area contributed by atoms with Crippen molar-refractivity contribution >= 4 is 0 Å². The molecule has 0 fully saturated rings. The lowest BCUT2D eigenvalue weighted by atomic mass is 10.1. The molecule has 0 amide bonds. The van der Waals surface area contributed by atoms with E-state index in [0.717, 1.165) is 0 Å². The number of hydrogen-bond donors (Lipinski definition) is 0. The molecular formula is C22H33N. The zero-order chi connectivity index (χ0) is 16.3. The van der Waals surface area contributed by atoms with Gasteiger partial charge in [0.05, 0.1) is 0 Å². The highest BCUT2D eigenvalue weighted by Gasteiger charge is 2.09. The van der Waals surface area contributed by atoms with Crippen molar-refractivity contribution < 1.29 is 0 Å². The van der Waals surface area contributed by atoms with Gasteiger partial charge in [-0.15, -0.1) is 0 Å². The number of unbranched alkanes of at least 4 members (excludes halogenated alkanes) is 6. The van der Waals surface area contributed by atoms with E-state index in [-0.39, 0.29) is 0 Å². The standard InChI is InChI=1S/C22H33N/c1-3-5-7-10-16-21-18-19-22(17-11-8-6-4-2)23(21)20-14-12-9-13-15-20/h9,12-15,18-19H,3-8,10-11,16-17H2,1-2H3. The Balaban J connectivity index is 2.10. The summed E-state index contributed by atoms with van der Waals surface area (Å²) in [5, 5.41) is 0. The number of nitrogens with zero attached hydrogens (tertiary/aromatic N) is 1. The fourth-order valence-electron chi connectivity index (χ4n) is 3.29. The summed E-state index contributed by atoms with van der Waals surface area (Å²) in [5.74, 6) is 0. The third-order valence-electron chi connectivity index (χ3n) is 4.63. The predicted octanol–water partition coefficient (Wildman–Crippen LogP) is 6.72. The molecule has 2 rings (SSSR count). The number of hydrogen-bond acceptors (Lipinski definition) is 0. The van der Waals surface area contributed by atoms with Gasteiger partial charge in [-0.3, -0.25) is 0 Å². The molecule has 0 aliphatic heterocycles. The van der Waals surface area contributed by atoms with Crippen molar-refractivity contribution in [2.24, 2.45) is 0 Å². The average molecular weight is 312 g/mol. The highest BCUT2D eigenvalue weighted by molar-refractivity contribution is 5.38. The number of para-hydroxylation sites is 1. The Hall–Kier alpha value is -1.50. The van der Waals surface area contributed by atoms with Gasteiger partial charge in [-0.25, -0.2) is 0 Å². The molecule has 2 aromatic rings. The van der Waals surface area contributed by atoms with Gasteiger partial charge in [-0.1, -0.05) is 70.6 Å². The van der Waals surface area contributed by atoms with Crippen molar-refractivity contribution in [3.63, 3.8) is 0 Å². The topological polar surface area (TPSA) is 4.93 Å². The summed E-state index contributed by atoms with van der Waals surface area (Å²) >= 11 is 0. The Morgan fingerprint density at radius 3 is 1.61 bits per heavy atom. The molecule has 1 aromatic heterocycles. The third kappa shape index (κ3) is 5.57. The molecular weight excluding hydrogens is 278 g/mol. The lowest BCUT2D eigenvalue weighted by Crippen LogP contribution is -2.05. The van der Waals surface area contributed by atoms with Gasteiger partial charge in [0.15, 0.2) is 0 Å². The molecule has 0 atom stereocenters. The summed E-state index contributed by atoms with van der Waals surface area (Å²) in [4.78, 5) is 0. The van der Waals surface area contributed by atoms with Crippen LogP contribution in [0.25, 0.3) is 5.69 Å². The number of aryl methyl sites for hydroxylation is 2. The number of rotatable bonds is 11. The lowest BCUT2D eigenvalue weighted by Gasteiger charge is -2.14. The predicted molar refractivity (Wildman–Crippen MR) is 101 cm³/mol. The van der Waals surface area contributed by atoms with Crippen LogP contribution >= 0.6 is 0 Å².